The predicted octanol–water partition coefficient (Wildman–Crippen LogP) is 1.34. The molecule has 94 valence electrons. The van der Waals surface area contributed by atoms with Crippen LogP contribution in [0.25, 0.3) is 0 Å². The van der Waals surface area contributed by atoms with Crippen LogP contribution in [0, 0.1) is 0 Å². The van der Waals surface area contributed by atoms with Crippen molar-refractivity contribution in [3.8, 4) is 0 Å². The molecule has 1 atom stereocenters. The lowest BCUT2D eigenvalue weighted by Gasteiger charge is -2.13. The molecule has 6 heteroatoms. The molecular formula is C12H15N5O. The first-order chi connectivity index (χ1) is 8.72. The second-order valence-electron chi connectivity index (χ2n) is 3.88. The van der Waals surface area contributed by atoms with E-state index in [1.165, 1.54) is 0 Å². The molecule has 6 nitrogen and oxygen atoms in total. The molecule has 0 aliphatic carbocycles. The number of aromatic amines is 1. The summed E-state index contributed by atoms with van der Waals surface area (Å²) in [5.41, 5.74) is 1.45. The van der Waals surface area contributed by atoms with Crippen molar-refractivity contribution < 1.29 is 4.79 Å². The van der Waals surface area contributed by atoms with Gasteiger partial charge in [0.25, 0.3) is 5.91 Å². The Hall–Kier alpha value is -2.37. The molecule has 0 bridgehead atoms. The number of amides is 1. The summed E-state index contributed by atoms with van der Waals surface area (Å²) in [6.07, 6.45) is 5.09. The number of carbonyl (C=O) groups is 1. The van der Waals surface area contributed by atoms with Crippen LogP contribution < -0.4 is 10.6 Å². The maximum absolute atomic E-state index is 12.1. The van der Waals surface area contributed by atoms with Gasteiger partial charge in [-0.3, -0.25) is 9.89 Å². The first-order valence-electron chi connectivity index (χ1n) is 5.64. The zero-order chi connectivity index (χ0) is 13.0. The van der Waals surface area contributed by atoms with Crippen molar-refractivity contribution in [1.82, 2.24) is 20.5 Å². The Labute approximate surface area is 105 Å². The molecule has 0 fully saturated rings. The minimum absolute atomic E-state index is 0.110. The lowest BCUT2D eigenvalue weighted by molar-refractivity contribution is 0.0940. The van der Waals surface area contributed by atoms with Crippen molar-refractivity contribution in [2.75, 3.05) is 12.4 Å². The summed E-state index contributed by atoms with van der Waals surface area (Å²) in [7, 11) is 1.73. The smallest absolute Gasteiger partial charge is 0.255 e. The number of H-pyrrole nitrogens is 1. The molecule has 2 aromatic rings. The highest BCUT2D eigenvalue weighted by molar-refractivity contribution is 5.98. The molecule has 1 amide bonds. The second kappa shape index (κ2) is 5.31. The van der Waals surface area contributed by atoms with Gasteiger partial charge in [0.05, 0.1) is 17.8 Å². The van der Waals surface area contributed by atoms with Crippen molar-refractivity contribution in [2.45, 2.75) is 13.0 Å². The highest BCUT2D eigenvalue weighted by atomic mass is 16.1. The van der Waals surface area contributed by atoms with Crippen LogP contribution in [-0.4, -0.2) is 28.1 Å². The van der Waals surface area contributed by atoms with Crippen molar-refractivity contribution >= 4 is 11.7 Å². The highest BCUT2D eigenvalue weighted by Crippen LogP contribution is 2.14. The maximum atomic E-state index is 12.1. The summed E-state index contributed by atoms with van der Waals surface area (Å²) in [6.45, 7) is 1.90. The third-order valence-corrected chi connectivity index (χ3v) is 2.66. The van der Waals surface area contributed by atoms with Gasteiger partial charge >= 0.3 is 0 Å². The lowest BCUT2D eigenvalue weighted by atomic mass is 10.1. The van der Waals surface area contributed by atoms with Crippen LogP contribution in [0.15, 0.2) is 30.7 Å². The summed E-state index contributed by atoms with van der Waals surface area (Å²) in [5, 5.41) is 12.4. The number of nitrogens with one attached hydrogen (secondary N) is 3. The minimum atomic E-state index is -0.166. The van der Waals surface area contributed by atoms with Gasteiger partial charge in [0.15, 0.2) is 0 Å². The van der Waals surface area contributed by atoms with E-state index in [1.54, 1.807) is 37.8 Å². The molecule has 1 unspecified atom stereocenters. The van der Waals surface area contributed by atoms with Gasteiger partial charge in [0.2, 0.25) is 0 Å². The molecule has 18 heavy (non-hydrogen) atoms. The molecule has 2 heterocycles. The summed E-state index contributed by atoms with van der Waals surface area (Å²) < 4.78 is 0. The molecule has 0 aromatic carbocycles. The van der Waals surface area contributed by atoms with Crippen molar-refractivity contribution in [3.63, 3.8) is 0 Å². The van der Waals surface area contributed by atoms with E-state index in [-0.39, 0.29) is 11.9 Å². The fraction of sp³-hybridized carbons (Fsp3) is 0.250. The van der Waals surface area contributed by atoms with E-state index >= 15 is 0 Å². The topological polar surface area (TPSA) is 82.7 Å². The average molecular weight is 245 g/mol. The van der Waals surface area contributed by atoms with Crippen LogP contribution in [0.3, 0.4) is 0 Å². The first-order valence-corrected chi connectivity index (χ1v) is 5.64. The molecule has 2 rings (SSSR count). The number of aromatic nitrogens is 3. The number of carbonyl (C=O) groups excluding carboxylic acids is 1. The maximum Gasteiger partial charge on any atom is 0.255 e. The highest BCUT2D eigenvalue weighted by Gasteiger charge is 2.15. The third-order valence-electron chi connectivity index (χ3n) is 2.66. The molecule has 0 spiro atoms. The Morgan fingerprint density at radius 2 is 2.33 bits per heavy atom. The van der Waals surface area contributed by atoms with Crippen LogP contribution in [0.1, 0.15) is 28.9 Å². The van der Waals surface area contributed by atoms with Crippen LogP contribution in [-0.2, 0) is 0 Å². The van der Waals surface area contributed by atoms with Crippen molar-refractivity contribution in [2.24, 2.45) is 0 Å². The summed E-state index contributed by atoms with van der Waals surface area (Å²) >= 11 is 0. The van der Waals surface area contributed by atoms with E-state index in [9.17, 15) is 4.79 Å². The van der Waals surface area contributed by atoms with Gasteiger partial charge in [-0.2, -0.15) is 5.10 Å². The zero-order valence-corrected chi connectivity index (χ0v) is 10.3. The number of anilines is 1. The van der Waals surface area contributed by atoms with Gasteiger partial charge in [-0.05, 0) is 19.1 Å². The second-order valence-corrected chi connectivity index (χ2v) is 3.88. The summed E-state index contributed by atoms with van der Waals surface area (Å²) in [6, 6.07) is 3.36. The van der Waals surface area contributed by atoms with Gasteiger partial charge in [0, 0.05) is 25.0 Å². The number of pyridine rings is 1. The third kappa shape index (κ3) is 2.48. The van der Waals surface area contributed by atoms with Crippen molar-refractivity contribution in [3.05, 3.63) is 41.9 Å². The fourth-order valence-electron chi connectivity index (χ4n) is 1.64. The number of hydrogen-bond donors (Lipinski definition) is 3. The van der Waals surface area contributed by atoms with Gasteiger partial charge in [-0.1, -0.05) is 0 Å². The Kier molecular flexibility index (Phi) is 3.57. The van der Waals surface area contributed by atoms with Gasteiger partial charge in [-0.25, -0.2) is 4.98 Å². The van der Waals surface area contributed by atoms with Crippen LogP contribution in [0.4, 0.5) is 5.82 Å². The molecule has 0 saturated heterocycles. The molecule has 2 aromatic heterocycles. The van der Waals surface area contributed by atoms with Gasteiger partial charge in [0.1, 0.15) is 5.82 Å². The molecule has 3 N–H and O–H groups in total. The van der Waals surface area contributed by atoms with E-state index < -0.39 is 0 Å². The van der Waals surface area contributed by atoms with E-state index in [0.717, 1.165) is 5.56 Å². The van der Waals surface area contributed by atoms with E-state index in [2.05, 4.69) is 25.8 Å². The average Bonchev–Trinajstić information content (AvgIpc) is 2.92. The zero-order valence-electron chi connectivity index (χ0n) is 10.3. The Morgan fingerprint density at radius 1 is 1.50 bits per heavy atom. The number of rotatable bonds is 4. The monoisotopic (exact) mass is 245 g/mol. The van der Waals surface area contributed by atoms with Crippen molar-refractivity contribution in [1.29, 1.82) is 0 Å². The van der Waals surface area contributed by atoms with E-state index in [1.807, 2.05) is 6.92 Å². The number of hydrogen-bond acceptors (Lipinski definition) is 4. The van der Waals surface area contributed by atoms with Gasteiger partial charge < -0.3 is 10.6 Å². The molecule has 0 radical (unpaired) electrons. The largest absolute Gasteiger partial charge is 0.372 e. The number of nitrogens with zero attached hydrogens (tertiary/aromatic N) is 2. The minimum Gasteiger partial charge on any atom is -0.372 e. The normalized spacial score (nSPS) is 11.9. The Morgan fingerprint density at radius 3 is 3.00 bits per heavy atom. The lowest BCUT2D eigenvalue weighted by Crippen LogP contribution is -2.27. The van der Waals surface area contributed by atoms with E-state index in [0.29, 0.717) is 11.4 Å². The Bertz CT molecular complexity index is 523. The SMILES string of the molecule is CNc1ncccc1C(=O)NC(C)c1cn[nH]c1. The van der Waals surface area contributed by atoms with Crippen LogP contribution in [0.5, 0.6) is 0 Å². The van der Waals surface area contributed by atoms with Crippen LogP contribution in [0.2, 0.25) is 0 Å². The summed E-state index contributed by atoms with van der Waals surface area (Å²) in [5.74, 6) is 0.399. The fourth-order valence-corrected chi connectivity index (χ4v) is 1.64. The first kappa shape index (κ1) is 12.1. The van der Waals surface area contributed by atoms with E-state index in [4.69, 9.17) is 0 Å². The molecule has 0 aliphatic heterocycles. The predicted molar refractivity (Wildman–Crippen MR) is 68.3 cm³/mol. The molecule has 0 aliphatic rings. The Balaban J connectivity index is 2.12. The van der Waals surface area contributed by atoms with Gasteiger partial charge in [-0.15, -0.1) is 0 Å². The van der Waals surface area contributed by atoms with Crippen LogP contribution >= 0.6 is 0 Å². The molecular weight excluding hydrogens is 230 g/mol. The molecule has 0 saturated carbocycles. The standard InChI is InChI=1S/C12H15N5O/c1-8(9-6-15-16-7-9)17-12(18)10-4-3-5-14-11(10)13-2/h3-8H,1-2H3,(H,13,14)(H,15,16)(H,17,18). The quantitative estimate of drug-likeness (QED) is 0.759. The summed E-state index contributed by atoms with van der Waals surface area (Å²) in [4.78, 5) is 16.2.